The van der Waals surface area contributed by atoms with Gasteiger partial charge in [-0.2, -0.15) is 0 Å². The normalized spacial score (nSPS) is 10.1. The Bertz CT molecular complexity index is 449. The minimum Gasteiger partial charge on any atom is -0.444 e. The fraction of sp³-hybridized carbons (Fsp3) is 0.100. The Balaban J connectivity index is 2.61. The third-order valence-electron chi connectivity index (χ3n) is 1.83. The molecule has 0 N–H and O–H groups in total. The van der Waals surface area contributed by atoms with Crippen LogP contribution in [0, 0.1) is 6.92 Å². The summed E-state index contributed by atoms with van der Waals surface area (Å²) < 4.78 is 5.11. The van der Waals surface area contributed by atoms with Gasteiger partial charge in [-0.25, -0.2) is 4.98 Å². The van der Waals surface area contributed by atoms with E-state index in [0.717, 1.165) is 5.56 Å². The van der Waals surface area contributed by atoms with Crippen LogP contribution in [0.5, 0.6) is 0 Å². The van der Waals surface area contributed by atoms with Gasteiger partial charge in [-0.05, 0) is 18.6 Å². The number of aryl methyl sites for hydroxylation is 1. The Kier molecular flexibility index (Phi) is 2.10. The van der Waals surface area contributed by atoms with E-state index in [-0.39, 0.29) is 0 Å². The van der Waals surface area contributed by atoms with Crippen LogP contribution < -0.4 is 0 Å². The molecule has 0 aliphatic carbocycles. The van der Waals surface area contributed by atoms with Crippen molar-refractivity contribution in [1.82, 2.24) is 9.97 Å². The second-order valence-corrected chi connectivity index (χ2v) is 2.90. The standard InChI is InChI=1S/C10H8N2O2/c1-7-4-8(9(6-13)12-5-7)10-11-2-3-14-10/h2-6H,1H3. The quantitative estimate of drug-likeness (QED) is 0.675. The third kappa shape index (κ3) is 1.42. The van der Waals surface area contributed by atoms with Crippen LogP contribution in [0.1, 0.15) is 16.1 Å². The molecule has 14 heavy (non-hydrogen) atoms. The molecule has 2 rings (SSSR count). The Hall–Kier alpha value is -1.97. The number of carbonyl (C=O) groups is 1. The lowest BCUT2D eigenvalue weighted by Crippen LogP contribution is -1.93. The molecular weight excluding hydrogens is 180 g/mol. The molecule has 0 spiro atoms. The summed E-state index contributed by atoms with van der Waals surface area (Å²) >= 11 is 0. The van der Waals surface area contributed by atoms with Crippen molar-refractivity contribution in [1.29, 1.82) is 0 Å². The number of rotatable bonds is 2. The predicted octanol–water partition coefficient (Wildman–Crippen LogP) is 1.86. The van der Waals surface area contributed by atoms with Gasteiger partial charge in [0.2, 0.25) is 5.89 Å². The van der Waals surface area contributed by atoms with Crippen molar-refractivity contribution < 1.29 is 9.21 Å². The van der Waals surface area contributed by atoms with E-state index in [0.29, 0.717) is 23.4 Å². The molecule has 2 aromatic rings. The third-order valence-corrected chi connectivity index (χ3v) is 1.83. The van der Waals surface area contributed by atoms with E-state index in [1.807, 2.05) is 13.0 Å². The van der Waals surface area contributed by atoms with Crippen LogP contribution in [0.3, 0.4) is 0 Å². The van der Waals surface area contributed by atoms with Crippen LogP contribution in [0.15, 0.2) is 29.1 Å². The molecule has 0 saturated heterocycles. The number of pyridine rings is 1. The summed E-state index contributed by atoms with van der Waals surface area (Å²) in [6.07, 6.45) is 5.33. The topological polar surface area (TPSA) is 56.0 Å². The van der Waals surface area contributed by atoms with Crippen molar-refractivity contribution >= 4 is 6.29 Å². The molecule has 4 nitrogen and oxygen atoms in total. The molecule has 0 unspecified atom stereocenters. The zero-order chi connectivity index (χ0) is 9.97. The van der Waals surface area contributed by atoms with Crippen molar-refractivity contribution in [2.45, 2.75) is 6.92 Å². The summed E-state index contributed by atoms with van der Waals surface area (Å²) in [4.78, 5) is 18.7. The van der Waals surface area contributed by atoms with Gasteiger partial charge in [0.05, 0.1) is 11.8 Å². The molecule has 2 aromatic heterocycles. The number of oxazole rings is 1. The number of carbonyl (C=O) groups excluding carboxylic acids is 1. The molecule has 0 aromatic carbocycles. The summed E-state index contributed by atoms with van der Waals surface area (Å²) in [6.45, 7) is 1.90. The molecule has 0 bridgehead atoms. The minimum atomic E-state index is 0.345. The molecule has 0 aliphatic rings. The smallest absolute Gasteiger partial charge is 0.228 e. The maximum Gasteiger partial charge on any atom is 0.228 e. The molecule has 0 radical (unpaired) electrons. The molecule has 0 saturated carbocycles. The zero-order valence-corrected chi connectivity index (χ0v) is 7.60. The number of aromatic nitrogens is 2. The van der Waals surface area contributed by atoms with Gasteiger partial charge in [-0.3, -0.25) is 9.78 Å². The second kappa shape index (κ2) is 3.41. The number of nitrogens with zero attached hydrogens (tertiary/aromatic N) is 2. The molecule has 0 atom stereocenters. The fourth-order valence-electron chi connectivity index (χ4n) is 1.20. The molecule has 70 valence electrons. The van der Waals surface area contributed by atoms with Gasteiger partial charge in [0.15, 0.2) is 6.29 Å². The van der Waals surface area contributed by atoms with Crippen molar-refractivity contribution in [3.63, 3.8) is 0 Å². The average Bonchev–Trinajstić information content (AvgIpc) is 2.70. The Morgan fingerprint density at radius 2 is 2.29 bits per heavy atom. The highest BCUT2D eigenvalue weighted by atomic mass is 16.3. The summed E-state index contributed by atoms with van der Waals surface area (Å²) in [5, 5.41) is 0. The van der Waals surface area contributed by atoms with Gasteiger partial charge in [0.1, 0.15) is 12.0 Å². The van der Waals surface area contributed by atoms with E-state index in [9.17, 15) is 4.79 Å². The number of hydrogen-bond acceptors (Lipinski definition) is 4. The summed E-state index contributed by atoms with van der Waals surface area (Å²) in [7, 11) is 0. The highest BCUT2D eigenvalue weighted by Crippen LogP contribution is 2.20. The highest BCUT2D eigenvalue weighted by Gasteiger charge is 2.09. The molecule has 4 heteroatoms. The van der Waals surface area contributed by atoms with Crippen LogP contribution in [-0.4, -0.2) is 16.3 Å². The first kappa shape index (κ1) is 8.62. The average molecular weight is 188 g/mol. The second-order valence-electron chi connectivity index (χ2n) is 2.90. The van der Waals surface area contributed by atoms with E-state index in [2.05, 4.69) is 9.97 Å². The van der Waals surface area contributed by atoms with Gasteiger partial charge in [0.25, 0.3) is 0 Å². The first-order valence-electron chi connectivity index (χ1n) is 4.13. The largest absolute Gasteiger partial charge is 0.444 e. The van der Waals surface area contributed by atoms with E-state index in [1.54, 1.807) is 6.20 Å². The van der Waals surface area contributed by atoms with E-state index >= 15 is 0 Å². The minimum absolute atomic E-state index is 0.345. The van der Waals surface area contributed by atoms with Crippen LogP contribution in [0.25, 0.3) is 11.5 Å². The molecule has 0 amide bonds. The van der Waals surface area contributed by atoms with Crippen molar-refractivity contribution in [3.05, 3.63) is 36.0 Å². The van der Waals surface area contributed by atoms with Gasteiger partial charge < -0.3 is 4.42 Å². The summed E-state index contributed by atoms with van der Waals surface area (Å²) in [5.74, 6) is 0.420. The maximum absolute atomic E-state index is 10.7. The SMILES string of the molecule is Cc1cnc(C=O)c(-c2ncco2)c1. The first-order chi connectivity index (χ1) is 6.81. The van der Waals surface area contributed by atoms with Crippen molar-refractivity contribution in [3.8, 4) is 11.5 Å². The van der Waals surface area contributed by atoms with Crippen molar-refractivity contribution in [2.75, 3.05) is 0 Å². The van der Waals surface area contributed by atoms with E-state index < -0.39 is 0 Å². The van der Waals surface area contributed by atoms with Crippen LogP contribution in [0.2, 0.25) is 0 Å². The molecule has 0 aliphatic heterocycles. The van der Waals surface area contributed by atoms with Gasteiger partial charge in [-0.1, -0.05) is 0 Å². The number of aldehydes is 1. The zero-order valence-electron chi connectivity index (χ0n) is 7.60. The highest BCUT2D eigenvalue weighted by molar-refractivity contribution is 5.82. The summed E-state index contributed by atoms with van der Waals surface area (Å²) in [5.41, 5.74) is 1.94. The lowest BCUT2D eigenvalue weighted by Gasteiger charge is -2.00. The number of hydrogen-bond donors (Lipinski definition) is 0. The summed E-state index contributed by atoms with van der Waals surface area (Å²) in [6, 6.07) is 1.82. The maximum atomic E-state index is 10.7. The van der Waals surface area contributed by atoms with Crippen LogP contribution in [-0.2, 0) is 0 Å². The monoisotopic (exact) mass is 188 g/mol. The van der Waals surface area contributed by atoms with E-state index in [4.69, 9.17) is 4.42 Å². The van der Waals surface area contributed by atoms with Gasteiger partial charge >= 0.3 is 0 Å². The Morgan fingerprint density at radius 3 is 2.93 bits per heavy atom. The van der Waals surface area contributed by atoms with Crippen LogP contribution >= 0.6 is 0 Å². The van der Waals surface area contributed by atoms with Crippen LogP contribution in [0.4, 0.5) is 0 Å². The lowest BCUT2D eigenvalue weighted by atomic mass is 10.1. The molecular formula is C10H8N2O2. The molecule has 0 fully saturated rings. The van der Waals surface area contributed by atoms with Crippen molar-refractivity contribution in [2.24, 2.45) is 0 Å². The van der Waals surface area contributed by atoms with Gasteiger partial charge in [0, 0.05) is 6.20 Å². The Labute approximate surface area is 80.6 Å². The van der Waals surface area contributed by atoms with Gasteiger partial charge in [-0.15, -0.1) is 0 Å². The first-order valence-corrected chi connectivity index (χ1v) is 4.13. The predicted molar refractivity (Wildman–Crippen MR) is 49.9 cm³/mol. The Morgan fingerprint density at radius 1 is 1.43 bits per heavy atom. The fourth-order valence-corrected chi connectivity index (χ4v) is 1.20. The lowest BCUT2D eigenvalue weighted by molar-refractivity contribution is 0.111. The van der Waals surface area contributed by atoms with E-state index in [1.165, 1.54) is 12.5 Å². The molecule has 2 heterocycles.